The third-order valence-corrected chi connectivity index (χ3v) is 3.39. The largest absolute Gasteiger partial charge is 0.416 e. The molecule has 2 atom stereocenters. The van der Waals surface area contributed by atoms with E-state index in [9.17, 15) is 28.4 Å². The summed E-state index contributed by atoms with van der Waals surface area (Å²) in [6.07, 6.45) is -6.32. The van der Waals surface area contributed by atoms with Crippen molar-refractivity contribution in [1.82, 2.24) is 0 Å². The van der Waals surface area contributed by atoms with Crippen molar-refractivity contribution in [3.63, 3.8) is 0 Å². The number of anilines is 1. The fourth-order valence-electron chi connectivity index (χ4n) is 2.43. The lowest BCUT2D eigenvalue weighted by Gasteiger charge is -2.31. The molecule has 5 nitrogen and oxygen atoms in total. The second-order valence-corrected chi connectivity index (χ2v) is 4.66. The minimum Gasteiger partial charge on any atom is -0.382 e. The van der Waals surface area contributed by atoms with Gasteiger partial charge in [-0.15, -0.1) is 0 Å². The normalized spacial score (nSPS) is 21.0. The van der Waals surface area contributed by atoms with Crippen molar-refractivity contribution < 1.29 is 23.2 Å². The average molecular weight is 290 g/mol. The van der Waals surface area contributed by atoms with Crippen LogP contribution < -0.4 is 4.90 Å². The molecular formula is C12H13F3N2O3. The molecule has 0 saturated carbocycles. The Bertz CT molecular complexity index is 490. The molecule has 1 aliphatic heterocycles. The summed E-state index contributed by atoms with van der Waals surface area (Å²) in [6, 6.07) is 4.24. The fraction of sp³-hybridized carbons (Fsp3) is 0.500. The summed E-state index contributed by atoms with van der Waals surface area (Å²) in [5.74, 6) is 0. The van der Waals surface area contributed by atoms with Crippen molar-refractivity contribution in [2.75, 3.05) is 11.4 Å². The number of non-ortho nitro benzene ring substituents is 1. The van der Waals surface area contributed by atoms with Crippen molar-refractivity contribution in [3.8, 4) is 0 Å². The lowest BCUT2D eigenvalue weighted by Crippen LogP contribution is -2.47. The van der Waals surface area contributed by atoms with Crippen LogP contribution in [0.1, 0.15) is 12.8 Å². The molecule has 1 saturated heterocycles. The number of nitro benzene ring substituents is 1. The van der Waals surface area contributed by atoms with Gasteiger partial charge in [0.2, 0.25) is 0 Å². The highest BCUT2D eigenvalue weighted by Gasteiger charge is 2.47. The van der Waals surface area contributed by atoms with E-state index in [0.717, 1.165) is 0 Å². The summed E-state index contributed by atoms with van der Waals surface area (Å²) < 4.78 is 37.8. The highest BCUT2D eigenvalue weighted by Crippen LogP contribution is 2.34. The Labute approximate surface area is 112 Å². The molecule has 0 aromatic heterocycles. The Morgan fingerprint density at radius 1 is 1.35 bits per heavy atom. The maximum Gasteiger partial charge on any atom is 0.416 e. The molecule has 110 valence electrons. The van der Waals surface area contributed by atoms with Crippen LogP contribution in [0.2, 0.25) is 0 Å². The predicted octanol–water partition coefficient (Wildman–Crippen LogP) is 2.49. The number of rotatable bonds is 3. The molecule has 1 fully saturated rings. The summed E-state index contributed by atoms with van der Waals surface area (Å²) in [5.41, 5.74) is 0.322. The summed E-state index contributed by atoms with van der Waals surface area (Å²) in [6.45, 7) is 0.385. The van der Waals surface area contributed by atoms with Gasteiger partial charge in [-0.05, 0) is 25.0 Å². The molecule has 20 heavy (non-hydrogen) atoms. The molecule has 1 aromatic carbocycles. The third-order valence-electron chi connectivity index (χ3n) is 3.39. The summed E-state index contributed by atoms with van der Waals surface area (Å²) >= 11 is 0. The van der Waals surface area contributed by atoms with Gasteiger partial charge in [-0.2, -0.15) is 13.2 Å². The monoisotopic (exact) mass is 290 g/mol. The van der Waals surface area contributed by atoms with Gasteiger partial charge in [-0.3, -0.25) is 10.1 Å². The number of hydrogen-bond donors (Lipinski definition) is 1. The molecule has 8 heteroatoms. The van der Waals surface area contributed by atoms with Crippen LogP contribution in [0.3, 0.4) is 0 Å². The van der Waals surface area contributed by atoms with Crippen LogP contribution >= 0.6 is 0 Å². The van der Waals surface area contributed by atoms with Crippen LogP contribution in [0.25, 0.3) is 0 Å². The van der Waals surface area contributed by atoms with E-state index in [-0.39, 0.29) is 12.1 Å². The number of alkyl halides is 3. The topological polar surface area (TPSA) is 66.6 Å². The molecule has 1 aromatic rings. The van der Waals surface area contributed by atoms with E-state index < -0.39 is 23.2 Å². The van der Waals surface area contributed by atoms with Crippen molar-refractivity contribution in [3.05, 3.63) is 34.4 Å². The number of benzene rings is 1. The lowest BCUT2D eigenvalue weighted by atomic mass is 10.1. The van der Waals surface area contributed by atoms with Crippen molar-refractivity contribution in [2.45, 2.75) is 31.2 Å². The van der Waals surface area contributed by atoms with Crippen LogP contribution in [0.15, 0.2) is 24.3 Å². The van der Waals surface area contributed by atoms with Crippen LogP contribution in [0.5, 0.6) is 0 Å². The second-order valence-electron chi connectivity index (χ2n) is 4.66. The standard InChI is InChI=1S/C12H13F3N2O3/c13-12(14,15)11(18)10-2-1-7-16(10)8-3-5-9(6-4-8)17(19)20/h3-6,10-11,18H,1-2,7H2. The van der Waals surface area contributed by atoms with Gasteiger partial charge in [0.25, 0.3) is 5.69 Å². The highest BCUT2D eigenvalue weighted by molar-refractivity contribution is 5.52. The van der Waals surface area contributed by atoms with Gasteiger partial charge in [0.05, 0.1) is 11.0 Å². The molecule has 1 aliphatic rings. The lowest BCUT2D eigenvalue weighted by molar-refractivity contribution is -0.384. The third kappa shape index (κ3) is 2.84. The zero-order valence-electron chi connectivity index (χ0n) is 10.4. The SMILES string of the molecule is O=[N+]([O-])c1ccc(N2CCCC2C(O)C(F)(F)F)cc1. The molecule has 1 heterocycles. The van der Waals surface area contributed by atoms with Gasteiger partial charge in [-0.25, -0.2) is 0 Å². The number of nitrogens with zero attached hydrogens (tertiary/aromatic N) is 2. The molecule has 1 N–H and O–H groups in total. The van der Waals surface area contributed by atoms with E-state index in [2.05, 4.69) is 0 Å². The van der Waals surface area contributed by atoms with E-state index in [1.54, 1.807) is 0 Å². The molecule has 0 radical (unpaired) electrons. The minimum absolute atomic E-state index is 0.124. The van der Waals surface area contributed by atoms with Crippen LogP contribution in [-0.2, 0) is 0 Å². The second kappa shape index (κ2) is 5.28. The maximum atomic E-state index is 12.6. The van der Waals surface area contributed by atoms with E-state index in [1.807, 2.05) is 0 Å². The predicted molar refractivity (Wildman–Crippen MR) is 65.5 cm³/mol. The smallest absolute Gasteiger partial charge is 0.382 e. The summed E-state index contributed by atoms with van der Waals surface area (Å²) in [4.78, 5) is 11.4. The average Bonchev–Trinajstić information content (AvgIpc) is 2.85. The van der Waals surface area contributed by atoms with Gasteiger partial charge in [0.1, 0.15) is 0 Å². The Hall–Kier alpha value is -1.83. The molecule has 2 rings (SSSR count). The molecule has 0 spiro atoms. The Kier molecular flexibility index (Phi) is 3.85. The fourth-order valence-corrected chi connectivity index (χ4v) is 2.43. The van der Waals surface area contributed by atoms with Gasteiger partial charge < -0.3 is 10.0 Å². The maximum absolute atomic E-state index is 12.6. The van der Waals surface area contributed by atoms with Gasteiger partial charge in [-0.1, -0.05) is 0 Å². The quantitative estimate of drug-likeness (QED) is 0.686. The zero-order chi connectivity index (χ0) is 14.9. The number of aliphatic hydroxyl groups excluding tert-OH is 1. The van der Waals surface area contributed by atoms with Crippen molar-refractivity contribution in [2.24, 2.45) is 0 Å². The number of halogens is 3. The Balaban J connectivity index is 2.20. The van der Waals surface area contributed by atoms with Crippen molar-refractivity contribution in [1.29, 1.82) is 0 Å². The highest BCUT2D eigenvalue weighted by atomic mass is 19.4. The van der Waals surface area contributed by atoms with Gasteiger partial charge >= 0.3 is 6.18 Å². The van der Waals surface area contributed by atoms with Crippen LogP contribution in [-0.4, -0.2) is 34.9 Å². The zero-order valence-corrected chi connectivity index (χ0v) is 10.4. The van der Waals surface area contributed by atoms with Gasteiger partial charge in [0, 0.05) is 24.4 Å². The van der Waals surface area contributed by atoms with Crippen LogP contribution in [0.4, 0.5) is 24.5 Å². The number of hydrogen-bond acceptors (Lipinski definition) is 4. The Morgan fingerprint density at radius 3 is 2.45 bits per heavy atom. The first-order valence-electron chi connectivity index (χ1n) is 6.06. The van der Waals surface area contributed by atoms with E-state index in [4.69, 9.17) is 0 Å². The van der Waals surface area contributed by atoms with E-state index in [1.165, 1.54) is 29.2 Å². The molecular weight excluding hydrogens is 277 g/mol. The minimum atomic E-state index is -4.67. The van der Waals surface area contributed by atoms with Crippen molar-refractivity contribution >= 4 is 11.4 Å². The Morgan fingerprint density at radius 2 is 1.95 bits per heavy atom. The molecule has 0 amide bonds. The first-order chi connectivity index (χ1) is 9.30. The molecule has 0 bridgehead atoms. The van der Waals surface area contributed by atoms with E-state index in [0.29, 0.717) is 18.7 Å². The summed E-state index contributed by atoms with van der Waals surface area (Å²) in [5, 5.41) is 19.9. The molecule has 2 unspecified atom stereocenters. The van der Waals surface area contributed by atoms with Crippen LogP contribution in [0, 0.1) is 10.1 Å². The van der Waals surface area contributed by atoms with E-state index >= 15 is 0 Å². The summed E-state index contributed by atoms with van der Waals surface area (Å²) in [7, 11) is 0. The van der Waals surface area contributed by atoms with Gasteiger partial charge in [0.15, 0.2) is 6.10 Å². The number of aliphatic hydroxyl groups is 1. The number of nitro groups is 1. The molecule has 0 aliphatic carbocycles. The first-order valence-corrected chi connectivity index (χ1v) is 6.06. The first kappa shape index (κ1) is 14.6.